The lowest BCUT2D eigenvalue weighted by Crippen LogP contribution is -1.96. The smallest absolute Gasteiger partial charge is 0.134 e. The summed E-state index contributed by atoms with van der Waals surface area (Å²) in [6.45, 7) is 8.16. The van der Waals surface area contributed by atoms with E-state index in [0.29, 0.717) is 5.75 Å². The summed E-state index contributed by atoms with van der Waals surface area (Å²) in [5.41, 5.74) is 3.96. The van der Waals surface area contributed by atoms with Crippen molar-refractivity contribution >= 4 is 17.6 Å². The lowest BCUT2D eigenvalue weighted by molar-refractivity contribution is 0.452. The van der Waals surface area contributed by atoms with Gasteiger partial charge in [0.1, 0.15) is 22.3 Å². The summed E-state index contributed by atoms with van der Waals surface area (Å²) in [4.78, 5) is 4.30. The molecule has 0 saturated heterocycles. The molecule has 0 fully saturated rings. The molecule has 0 amide bonds. The number of aromatic nitrogens is 2. The highest BCUT2D eigenvalue weighted by Crippen LogP contribution is 2.35. The Morgan fingerprint density at radius 1 is 1.15 bits per heavy atom. The number of hydrogen-bond donors (Lipinski definition) is 2. The molecule has 2 N–H and O–H groups in total. The van der Waals surface area contributed by atoms with Crippen LogP contribution in [-0.4, -0.2) is 14.7 Å². The Morgan fingerprint density at radius 3 is 2.44 bits per heavy atom. The fourth-order valence-corrected chi connectivity index (χ4v) is 3.56. The Bertz CT molecular complexity index is 927. The minimum Gasteiger partial charge on any atom is -0.508 e. The first kappa shape index (κ1) is 19.2. The highest BCUT2D eigenvalue weighted by molar-refractivity contribution is 8.00. The third-order valence-electron chi connectivity index (χ3n) is 4.26. The van der Waals surface area contributed by atoms with Crippen molar-refractivity contribution in [3.05, 3.63) is 59.5 Å². The molecule has 0 spiro atoms. The molecule has 5 nitrogen and oxygen atoms in total. The summed E-state index contributed by atoms with van der Waals surface area (Å²) in [6.07, 6.45) is 3.74. The number of phenols is 1. The van der Waals surface area contributed by atoms with E-state index in [1.807, 2.05) is 37.7 Å². The molecule has 6 heteroatoms. The van der Waals surface area contributed by atoms with E-state index >= 15 is 0 Å². The number of benzene rings is 2. The standard InChI is InChI=1S/C21H25N3O2S/c1-13(2)18-10-17(6-7-19(18)25)26-21-14(3)8-16(9-15(21)4)23-27-20-11-24(5)12-22-20/h6-13,23,25H,1-5H3. The SMILES string of the molecule is Cc1cc(NSc2cn(C)cn2)cc(C)c1Oc1ccc(O)c(C(C)C)c1. The van der Waals surface area contributed by atoms with Crippen LogP contribution in [-0.2, 0) is 7.05 Å². The van der Waals surface area contributed by atoms with Crippen LogP contribution in [0.2, 0.25) is 0 Å². The molecule has 0 saturated carbocycles. The maximum absolute atomic E-state index is 10.00. The topological polar surface area (TPSA) is 59.3 Å². The number of phenolic OH excluding ortho intramolecular Hbond substituents is 1. The Balaban J connectivity index is 1.78. The summed E-state index contributed by atoms with van der Waals surface area (Å²) in [6, 6.07) is 9.50. The van der Waals surface area contributed by atoms with Crippen molar-refractivity contribution in [1.29, 1.82) is 0 Å². The minimum absolute atomic E-state index is 0.228. The number of rotatable bonds is 6. The van der Waals surface area contributed by atoms with Gasteiger partial charge in [0.25, 0.3) is 0 Å². The number of aryl methyl sites for hydroxylation is 3. The summed E-state index contributed by atoms with van der Waals surface area (Å²) in [7, 11) is 1.95. The number of aromatic hydroxyl groups is 1. The first-order valence-corrected chi connectivity index (χ1v) is 9.68. The van der Waals surface area contributed by atoms with Crippen LogP contribution < -0.4 is 9.46 Å². The summed E-state index contributed by atoms with van der Waals surface area (Å²) in [5, 5.41) is 10.9. The molecule has 0 atom stereocenters. The van der Waals surface area contributed by atoms with Crippen molar-refractivity contribution < 1.29 is 9.84 Å². The molecule has 1 aromatic heterocycles. The zero-order valence-electron chi connectivity index (χ0n) is 16.3. The van der Waals surface area contributed by atoms with Crippen molar-refractivity contribution in [3.8, 4) is 17.2 Å². The molecule has 3 rings (SSSR count). The maximum atomic E-state index is 10.00. The summed E-state index contributed by atoms with van der Waals surface area (Å²) < 4.78 is 11.4. The van der Waals surface area contributed by atoms with Gasteiger partial charge in [-0.05, 0) is 61.2 Å². The number of nitrogens with one attached hydrogen (secondary N) is 1. The molecule has 2 aromatic carbocycles. The average Bonchev–Trinajstić information content (AvgIpc) is 3.03. The second-order valence-corrected chi connectivity index (χ2v) is 7.82. The zero-order chi connectivity index (χ0) is 19.6. The van der Waals surface area contributed by atoms with Crippen LogP contribution >= 0.6 is 11.9 Å². The average molecular weight is 384 g/mol. The van der Waals surface area contributed by atoms with Crippen molar-refractivity contribution in [2.75, 3.05) is 4.72 Å². The van der Waals surface area contributed by atoms with E-state index < -0.39 is 0 Å². The quantitative estimate of drug-likeness (QED) is 0.529. The summed E-state index contributed by atoms with van der Waals surface area (Å²) >= 11 is 1.48. The van der Waals surface area contributed by atoms with E-state index in [0.717, 1.165) is 38.9 Å². The first-order chi connectivity index (χ1) is 12.8. The van der Waals surface area contributed by atoms with Crippen LogP contribution in [0.3, 0.4) is 0 Å². The molecular formula is C21H25N3O2S. The van der Waals surface area contributed by atoms with Crippen molar-refractivity contribution in [3.63, 3.8) is 0 Å². The maximum Gasteiger partial charge on any atom is 0.134 e. The third kappa shape index (κ3) is 4.57. The largest absolute Gasteiger partial charge is 0.508 e. The molecule has 1 heterocycles. The Kier molecular flexibility index (Phi) is 5.65. The van der Waals surface area contributed by atoms with E-state index in [-0.39, 0.29) is 5.92 Å². The lowest BCUT2D eigenvalue weighted by Gasteiger charge is -2.16. The molecular weight excluding hydrogens is 358 g/mol. The van der Waals surface area contributed by atoms with E-state index in [2.05, 4.69) is 35.7 Å². The fourth-order valence-electron chi connectivity index (χ4n) is 2.90. The Labute approximate surface area is 164 Å². The highest BCUT2D eigenvalue weighted by Gasteiger charge is 2.12. The first-order valence-electron chi connectivity index (χ1n) is 8.86. The second kappa shape index (κ2) is 7.96. The normalized spacial score (nSPS) is 11.0. The van der Waals surface area contributed by atoms with Gasteiger partial charge in [0, 0.05) is 36.4 Å². The van der Waals surface area contributed by atoms with Crippen molar-refractivity contribution in [2.45, 2.75) is 38.6 Å². The predicted molar refractivity (Wildman–Crippen MR) is 111 cm³/mol. The van der Waals surface area contributed by atoms with Gasteiger partial charge < -0.3 is 19.1 Å². The number of hydrogen-bond acceptors (Lipinski definition) is 5. The van der Waals surface area contributed by atoms with E-state index in [1.165, 1.54) is 11.9 Å². The zero-order valence-corrected chi connectivity index (χ0v) is 17.1. The van der Waals surface area contributed by atoms with Crippen LogP contribution in [0.25, 0.3) is 0 Å². The van der Waals surface area contributed by atoms with Gasteiger partial charge >= 0.3 is 0 Å². The second-order valence-electron chi connectivity index (χ2n) is 7.00. The Morgan fingerprint density at radius 2 is 1.85 bits per heavy atom. The minimum atomic E-state index is 0.228. The number of nitrogens with zero attached hydrogens (tertiary/aromatic N) is 2. The highest BCUT2D eigenvalue weighted by atomic mass is 32.2. The van der Waals surface area contributed by atoms with Crippen LogP contribution in [0, 0.1) is 13.8 Å². The fraction of sp³-hybridized carbons (Fsp3) is 0.286. The molecule has 142 valence electrons. The lowest BCUT2D eigenvalue weighted by atomic mass is 10.0. The van der Waals surface area contributed by atoms with Gasteiger partial charge in [-0.2, -0.15) is 0 Å². The van der Waals surface area contributed by atoms with Gasteiger partial charge in [0.2, 0.25) is 0 Å². The van der Waals surface area contributed by atoms with Gasteiger partial charge in [0.05, 0.1) is 6.33 Å². The van der Waals surface area contributed by atoms with Crippen LogP contribution in [0.15, 0.2) is 47.9 Å². The molecule has 0 aliphatic rings. The molecule has 0 aliphatic carbocycles. The molecule has 0 radical (unpaired) electrons. The van der Waals surface area contributed by atoms with Gasteiger partial charge in [-0.1, -0.05) is 13.8 Å². The number of ether oxygens (including phenoxy) is 1. The third-order valence-corrected chi connectivity index (χ3v) is 5.01. The van der Waals surface area contributed by atoms with Crippen LogP contribution in [0.4, 0.5) is 5.69 Å². The predicted octanol–water partition coefficient (Wildman–Crippen LogP) is 5.78. The molecule has 0 bridgehead atoms. The Hall–Kier alpha value is -2.60. The van der Waals surface area contributed by atoms with E-state index in [4.69, 9.17) is 4.74 Å². The van der Waals surface area contributed by atoms with Crippen LogP contribution in [0.5, 0.6) is 17.2 Å². The van der Waals surface area contributed by atoms with Gasteiger partial charge in [-0.25, -0.2) is 4.98 Å². The van der Waals surface area contributed by atoms with E-state index in [1.54, 1.807) is 18.5 Å². The molecule has 27 heavy (non-hydrogen) atoms. The van der Waals surface area contributed by atoms with Crippen molar-refractivity contribution in [1.82, 2.24) is 9.55 Å². The summed E-state index contributed by atoms with van der Waals surface area (Å²) in [5.74, 6) is 2.10. The monoisotopic (exact) mass is 383 g/mol. The number of anilines is 1. The van der Waals surface area contributed by atoms with Crippen molar-refractivity contribution in [2.24, 2.45) is 7.05 Å². The van der Waals surface area contributed by atoms with Gasteiger partial charge in [0.15, 0.2) is 0 Å². The van der Waals surface area contributed by atoms with E-state index in [9.17, 15) is 5.11 Å². The molecule has 0 aliphatic heterocycles. The number of imidazole rings is 1. The van der Waals surface area contributed by atoms with Gasteiger partial charge in [-0.15, -0.1) is 0 Å². The van der Waals surface area contributed by atoms with Crippen LogP contribution in [0.1, 0.15) is 36.5 Å². The molecule has 3 aromatic rings. The van der Waals surface area contributed by atoms with Gasteiger partial charge in [-0.3, -0.25) is 0 Å². The molecule has 0 unspecified atom stereocenters.